The number of halogens is 1. The van der Waals surface area contributed by atoms with Crippen molar-refractivity contribution >= 4 is 40.0 Å². The molecular weight excluding hydrogens is 405 g/mol. The van der Waals surface area contributed by atoms with E-state index in [4.69, 9.17) is 0 Å². The summed E-state index contributed by atoms with van der Waals surface area (Å²) in [5.41, 5.74) is 1.45. The highest BCUT2D eigenvalue weighted by molar-refractivity contribution is 14.1. The summed E-state index contributed by atoms with van der Waals surface area (Å²) in [6.45, 7) is 0. The quantitative estimate of drug-likeness (QED) is 0.352. The fourth-order valence-corrected chi connectivity index (χ4v) is 3.09. The van der Waals surface area contributed by atoms with Crippen LogP contribution in [0.2, 0.25) is 0 Å². The van der Waals surface area contributed by atoms with Gasteiger partial charge in [-0.15, -0.1) is 0 Å². The van der Waals surface area contributed by atoms with E-state index in [1.165, 1.54) is 4.90 Å². The number of hydrogen-bond donors (Lipinski definition) is 1. The second-order valence-corrected chi connectivity index (χ2v) is 6.57. The Morgan fingerprint density at radius 2 is 1.65 bits per heavy atom. The smallest absolute Gasteiger partial charge is 0.295 e. The number of likely N-dealkylation sites (N-methyl/N-ethyl adjacent to an activating group) is 1. The summed E-state index contributed by atoms with van der Waals surface area (Å²) in [4.78, 5) is 25.9. The van der Waals surface area contributed by atoms with E-state index in [1.807, 2.05) is 30.3 Å². The number of carbonyl (C=O) groups is 2. The number of likely N-dealkylation sites (tertiary alicyclic amines) is 1. The third-order valence-electron chi connectivity index (χ3n) is 3.91. The summed E-state index contributed by atoms with van der Waals surface area (Å²) >= 11 is 2.19. The van der Waals surface area contributed by atoms with E-state index < -0.39 is 17.7 Å². The first-order valence-corrected chi connectivity index (χ1v) is 8.14. The van der Waals surface area contributed by atoms with Gasteiger partial charge in [0.05, 0.1) is 11.6 Å². The van der Waals surface area contributed by atoms with E-state index in [0.29, 0.717) is 5.56 Å². The first-order valence-electron chi connectivity index (χ1n) is 7.06. The van der Waals surface area contributed by atoms with Gasteiger partial charge in [0.15, 0.2) is 0 Å². The Hall–Kier alpha value is -2.15. The summed E-state index contributed by atoms with van der Waals surface area (Å²) in [6.07, 6.45) is 0. The van der Waals surface area contributed by atoms with Crippen molar-refractivity contribution in [1.29, 1.82) is 0 Å². The molecule has 0 bridgehead atoms. The molecule has 4 nitrogen and oxygen atoms in total. The summed E-state index contributed by atoms with van der Waals surface area (Å²) in [5, 5.41) is 10.6. The number of aliphatic hydroxyl groups excluding tert-OH is 1. The normalized spacial score (nSPS) is 20.1. The van der Waals surface area contributed by atoms with Crippen molar-refractivity contribution in [2.75, 3.05) is 7.05 Å². The van der Waals surface area contributed by atoms with Crippen molar-refractivity contribution in [3.8, 4) is 0 Å². The number of aliphatic hydroxyl groups is 1. The van der Waals surface area contributed by atoms with E-state index in [2.05, 4.69) is 22.6 Å². The summed E-state index contributed by atoms with van der Waals surface area (Å²) in [6, 6.07) is 15.8. The predicted molar refractivity (Wildman–Crippen MR) is 95.7 cm³/mol. The highest BCUT2D eigenvalue weighted by Gasteiger charge is 2.44. The molecule has 1 amide bonds. The molecule has 1 saturated heterocycles. The summed E-state index contributed by atoms with van der Waals surface area (Å²) in [5.74, 6) is -1.40. The van der Waals surface area contributed by atoms with Gasteiger partial charge in [-0.2, -0.15) is 0 Å². The molecule has 0 aromatic heterocycles. The average molecular weight is 419 g/mol. The van der Waals surface area contributed by atoms with Crippen LogP contribution in [0.1, 0.15) is 17.2 Å². The SMILES string of the molecule is CN1C(=O)C(=O)/C(=C(/O)c2ccccc2)C1c1ccc(I)cc1. The van der Waals surface area contributed by atoms with Gasteiger partial charge in [0, 0.05) is 16.2 Å². The third-order valence-corrected chi connectivity index (χ3v) is 4.63. The molecule has 0 saturated carbocycles. The van der Waals surface area contributed by atoms with Crippen molar-refractivity contribution in [2.45, 2.75) is 6.04 Å². The van der Waals surface area contributed by atoms with Crippen LogP contribution in [0.5, 0.6) is 0 Å². The van der Waals surface area contributed by atoms with E-state index in [-0.39, 0.29) is 11.3 Å². The molecule has 1 aliphatic rings. The minimum atomic E-state index is -0.655. The lowest BCUT2D eigenvalue weighted by molar-refractivity contribution is -0.139. The van der Waals surface area contributed by atoms with Crippen molar-refractivity contribution < 1.29 is 14.7 Å². The van der Waals surface area contributed by atoms with Gasteiger partial charge in [0.2, 0.25) is 0 Å². The van der Waals surface area contributed by atoms with Crippen LogP contribution >= 0.6 is 22.6 Å². The molecule has 1 fully saturated rings. The summed E-state index contributed by atoms with van der Waals surface area (Å²) in [7, 11) is 1.58. The molecule has 1 N–H and O–H groups in total. The number of rotatable bonds is 2. The summed E-state index contributed by atoms with van der Waals surface area (Å²) < 4.78 is 1.06. The minimum Gasteiger partial charge on any atom is -0.507 e. The van der Waals surface area contributed by atoms with Crippen molar-refractivity contribution in [3.63, 3.8) is 0 Å². The first-order chi connectivity index (χ1) is 11.0. The molecule has 0 radical (unpaired) electrons. The lowest BCUT2D eigenvalue weighted by Crippen LogP contribution is -2.24. The van der Waals surface area contributed by atoms with Gasteiger partial charge in [-0.05, 0) is 40.3 Å². The maximum atomic E-state index is 12.4. The van der Waals surface area contributed by atoms with Crippen LogP contribution in [-0.4, -0.2) is 28.7 Å². The Morgan fingerprint density at radius 3 is 2.26 bits per heavy atom. The number of amides is 1. The largest absolute Gasteiger partial charge is 0.507 e. The van der Waals surface area contributed by atoms with Gasteiger partial charge < -0.3 is 10.0 Å². The van der Waals surface area contributed by atoms with Crippen LogP contribution in [-0.2, 0) is 9.59 Å². The van der Waals surface area contributed by atoms with Crippen molar-refractivity contribution in [2.24, 2.45) is 0 Å². The average Bonchev–Trinajstić information content (AvgIpc) is 2.80. The molecule has 2 aromatic carbocycles. The molecule has 1 atom stereocenters. The Kier molecular flexibility index (Phi) is 4.21. The molecule has 1 heterocycles. The van der Waals surface area contributed by atoms with Gasteiger partial charge in [0.25, 0.3) is 11.7 Å². The number of benzene rings is 2. The standard InChI is InChI=1S/C18H14INO3/c1-20-15(11-7-9-13(19)10-8-11)14(17(22)18(20)23)16(21)12-5-3-2-4-6-12/h2-10,15,21H,1H3/b16-14+. The number of Topliss-reactive ketones (excluding diaryl/α,β-unsaturated/α-hetero) is 1. The van der Waals surface area contributed by atoms with Gasteiger partial charge in [-0.3, -0.25) is 9.59 Å². The topological polar surface area (TPSA) is 57.6 Å². The number of hydrogen-bond acceptors (Lipinski definition) is 3. The molecule has 3 rings (SSSR count). The highest BCUT2D eigenvalue weighted by atomic mass is 127. The van der Waals surface area contributed by atoms with E-state index in [1.54, 1.807) is 31.3 Å². The van der Waals surface area contributed by atoms with Gasteiger partial charge in [0.1, 0.15) is 5.76 Å². The van der Waals surface area contributed by atoms with Crippen LogP contribution in [0.25, 0.3) is 5.76 Å². The maximum Gasteiger partial charge on any atom is 0.295 e. The Balaban J connectivity index is 2.17. The van der Waals surface area contributed by atoms with E-state index in [9.17, 15) is 14.7 Å². The van der Waals surface area contributed by atoms with E-state index in [0.717, 1.165) is 9.13 Å². The van der Waals surface area contributed by atoms with Gasteiger partial charge >= 0.3 is 0 Å². The second kappa shape index (κ2) is 6.16. The fourth-order valence-electron chi connectivity index (χ4n) is 2.73. The zero-order chi connectivity index (χ0) is 16.6. The maximum absolute atomic E-state index is 12.4. The van der Waals surface area contributed by atoms with Gasteiger partial charge in [-0.25, -0.2) is 0 Å². The molecular formula is C18H14INO3. The lowest BCUT2D eigenvalue weighted by Gasteiger charge is -2.21. The zero-order valence-corrected chi connectivity index (χ0v) is 14.5. The van der Waals surface area contributed by atoms with Crippen LogP contribution < -0.4 is 0 Å². The zero-order valence-electron chi connectivity index (χ0n) is 12.4. The first kappa shape index (κ1) is 15.7. The molecule has 0 spiro atoms. The van der Waals surface area contributed by atoms with Crippen LogP contribution in [0.15, 0.2) is 60.2 Å². The Bertz CT molecular complexity index is 797. The second-order valence-electron chi connectivity index (χ2n) is 5.33. The highest BCUT2D eigenvalue weighted by Crippen LogP contribution is 2.38. The van der Waals surface area contributed by atoms with Crippen LogP contribution in [0.3, 0.4) is 0 Å². The number of nitrogens with zero attached hydrogens (tertiary/aromatic N) is 1. The Morgan fingerprint density at radius 1 is 1.04 bits per heavy atom. The molecule has 2 aromatic rings. The molecule has 23 heavy (non-hydrogen) atoms. The number of carbonyl (C=O) groups excluding carboxylic acids is 2. The van der Waals surface area contributed by atoms with Crippen LogP contribution in [0.4, 0.5) is 0 Å². The van der Waals surface area contributed by atoms with Crippen molar-refractivity contribution in [1.82, 2.24) is 4.90 Å². The molecule has 1 aliphatic heterocycles. The minimum absolute atomic E-state index is 0.130. The Labute approximate surface area is 147 Å². The predicted octanol–water partition coefficient (Wildman–Crippen LogP) is 3.34. The number of ketones is 1. The lowest BCUT2D eigenvalue weighted by atomic mass is 9.95. The molecule has 1 unspecified atom stereocenters. The molecule has 5 heteroatoms. The van der Waals surface area contributed by atoms with Gasteiger partial charge in [-0.1, -0.05) is 42.5 Å². The van der Waals surface area contributed by atoms with Crippen molar-refractivity contribution in [3.05, 3.63) is 74.9 Å². The fraction of sp³-hybridized carbons (Fsp3) is 0.111. The monoisotopic (exact) mass is 419 g/mol. The molecule has 116 valence electrons. The van der Waals surface area contributed by atoms with E-state index >= 15 is 0 Å². The van der Waals surface area contributed by atoms with Crippen LogP contribution in [0, 0.1) is 3.57 Å². The third kappa shape index (κ3) is 2.76. The molecule has 0 aliphatic carbocycles.